The molecule has 4 nitrogen and oxygen atoms in total. The Balaban J connectivity index is 1.85. The number of rotatable bonds is 4. The number of fused-ring (bicyclic) bond motifs is 1. The van der Waals surface area contributed by atoms with Crippen molar-refractivity contribution in [2.75, 3.05) is 0 Å². The van der Waals surface area contributed by atoms with Gasteiger partial charge in [-0.1, -0.05) is 12.1 Å². The molecule has 0 saturated carbocycles. The smallest absolute Gasteiger partial charge is 0.240 e. The summed E-state index contributed by atoms with van der Waals surface area (Å²) in [5.41, 5.74) is 0.714. The van der Waals surface area contributed by atoms with Gasteiger partial charge in [0.25, 0.3) is 0 Å². The molecular weight excluding hydrogens is 349 g/mol. The van der Waals surface area contributed by atoms with Crippen LogP contribution in [-0.2, 0) is 16.6 Å². The molecule has 1 heterocycles. The third-order valence-corrected chi connectivity index (χ3v) is 5.50. The topological polar surface area (TPSA) is 59.1 Å². The van der Waals surface area contributed by atoms with E-state index in [2.05, 4.69) is 9.71 Å². The predicted octanol–water partition coefficient (Wildman–Crippen LogP) is 3.19. The summed E-state index contributed by atoms with van der Waals surface area (Å²) in [7, 11) is -4.33. The fraction of sp³-hybridized carbons (Fsp3) is 0.0714. The highest BCUT2D eigenvalue weighted by Crippen LogP contribution is 2.23. The van der Waals surface area contributed by atoms with Crippen molar-refractivity contribution in [2.24, 2.45) is 0 Å². The van der Waals surface area contributed by atoms with Gasteiger partial charge in [0, 0.05) is 0 Å². The summed E-state index contributed by atoms with van der Waals surface area (Å²) in [6.45, 7) is -0.180. The molecule has 0 fully saturated rings. The number of nitrogens with one attached hydrogen (secondary N) is 1. The number of benzene rings is 2. The van der Waals surface area contributed by atoms with Crippen molar-refractivity contribution in [2.45, 2.75) is 11.4 Å². The molecule has 0 spiro atoms. The van der Waals surface area contributed by atoms with Gasteiger partial charge in [-0.15, -0.1) is 11.3 Å². The lowest BCUT2D eigenvalue weighted by molar-refractivity contribution is 0.431. The summed E-state index contributed by atoms with van der Waals surface area (Å²) in [4.78, 5) is 3.28. The Hall–Kier alpha value is -1.97. The van der Waals surface area contributed by atoms with Gasteiger partial charge in [-0.2, -0.15) is 0 Å². The monoisotopic (exact) mass is 358 g/mol. The molecule has 120 valence electrons. The Labute approximate surface area is 133 Å². The van der Waals surface area contributed by atoms with Crippen LogP contribution in [0.5, 0.6) is 0 Å². The molecule has 0 amide bonds. The van der Waals surface area contributed by atoms with Crippen LogP contribution in [0.4, 0.5) is 13.2 Å². The van der Waals surface area contributed by atoms with Crippen molar-refractivity contribution >= 4 is 31.6 Å². The van der Waals surface area contributed by atoms with Crippen LogP contribution >= 0.6 is 11.3 Å². The van der Waals surface area contributed by atoms with Gasteiger partial charge in [0.05, 0.1) is 16.8 Å². The fourth-order valence-electron chi connectivity index (χ4n) is 1.95. The van der Waals surface area contributed by atoms with E-state index in [1.54, 1.807) is 12.1 Å². The predicted molar refractivity (Wildman–Crippen MR) is 80.0 cm³/mol. The number of halogens is 3. The molecule has 0 radical (unpaired) electrons. The molecule has 0 atom stereocenters. The van der Waals surface area contributed by atoms with E-state index in [9.17, 15) is 21.6 Å². The minimum absolute atomic E-state index is 0.180. The zero-order valence-electron chi connectivity index (χ0n) is 11.4. The number of para-hydroxylation sites is 1. The first-order chi connectivity index (χ1) is 10.9. The molecule has 0 bridgehead atoms. The lowest BCUT2D eigenvalue weighted by Crippen LogP contribution is -2.24. The maximum Gasteiger partial charge on any atom is 0.243 e. The summed E-state index contributed by atoms with van der Waals surface area (Å²) >= 11 is 1.28. The van der Waals surface area contributed by atoms with Crippen LogP contribution in [-0.4, -0.2) is 13.4 Å². The van der Waals surface area contributed by atoms with Gasteiger partial charge in [-0.25, -0.2) is 31.3 Å². The van der Waals surface area contributed by atoms with E-state index in [4.69, 9.17) is 0 Å². The lowest BCUT2D eigenvalue weighted by Gasteiger charge is -2.07. The van der Waals surface area contributed by atoms with Crippen molar-refractivity contribution in [1.82, 2.24) is 9.71 Å². The number of sulfonamides is 1. The zero-order chi connectivity index (χ0) is 16.6. The van der Waals surface area contributed by atoms with Crippen LogP contribution < -0.4 is 4.72 Å². The zero-order valence-corrected chi connectivity index (χ0v) is 13.0. The van der Waals surface area contributed by atoms with E-state index in [1.807, 2.05) is 12.1 Å². The van der Waals surface area contributed by atoms with Gasteiger partial charge < -0.3 is 0 Å². The van der Waals surface area contributed by atoms with E-state index in [1.165, 1.54) is 11.3 Å². The number of hydrogen-bond acceptors (Lipinski definition) is 4. The Morgan fingerprint density at radius 2 is 1.78 bits per heavy atom. The van der Waals surface area contributed by atoms with Gasteiger partial charge >= 0.3 is 0 Å². The quantitative estimate of drug-likeness (QED) is 0.729. The van der Waals surface area contributed by atoms with Crippen molar-refractivity contribution in [1.29, 1.82) is 0 Å². The summed E-state index contributed by atoms with van der Waals surface area (Å²) in [5.74, 6) is -5.03. The second-order valence-electron chi connectivity index (χ2n) is 4.57. The van der Waals surface area contributed by atoms with Crippen molar-refractivity contribution in [3.8, 4) is 0 Å². The van der Waals surface area contributed by atoms with Gasteiger partial charge in [0.1, 0.15) is 9.90 Å². The average molecular weight is 358 g/mol. The molecule has 0 aliphatic carbocycles. The third-order valence-electron chi connectivity index (χ3n) is 3.04. The van der Waals surface area contributed by atoms with Gasteiger partial charge in [0.2, 0.25) is 10.0 Å². The molecule has 1 N–H and O–H groups in total. The van der Waals surface area contributed by atoms with Crippen LogP contribution in [0.2, 0.25) is 0 Å². The first-order valence-corrected chi connectivity index (χ1v) is 8.66. The summed E-state index contributed by atoms with van der Waals surface area (Å²) in [6.07, 6.45) is 0. The minimum atomic E-state index is -4.33. The van der Waals surface area contributed by atoms with Gasteiger partial charge in [-0.05, 0) is 24.3 Å². The molecule has 0 aliphatic rings. The van der Waals surface area contributed by atoms with Gasteiger partial charge in [-0.3, -0.25) is 0 Å². The van der Waals surface area contributed by atoms with E-state index in [-0.39, 0.29) is 6.54 Å². The SMILES string of the molecule is O=S(=O)(NCc1nc2ccccc2s1)c1ccc(F)c(F)c1F. The molecule has 9 heteroatoms. The highest BCUT2D eigenvalue weighted by atomic mass is 32.2. The second-order valence-corrected chi connectivity index (χ2v) is 7.42. The first kappa shape index (κ1) is 15.9. The largest absolute Gasteiger partial charge is 0.243 e. The molecule has 23 heavy (non-hydrogen) atoms. The number of hydrogen-bond donors (Lipinski definition) is 1. The standard InChI is InChI=1S/C14H9F3N2O2S2/c15-8-5-6-11(14(17)13(8)16)23(20,21)18-7-12-19-9-3-1-2-4-10(9)22-12/h1-6,18H,7H2. The van der Waals surface area contributed by atoms with Crippen molar-refractivity contribution in [3.05, 3.63) is 58.9 Å². The van der Waals surface area contributed by atoms with Crippen LogP contribution in [0.3, 0.4) is 0 Å². The molecule has 0 unspecified atom stereocenters. The van der Waals surface area contributed by atoms with Crippen LogP contribution in [0.1, 0.15) is 5.01 Å². The molecule has 0 aliphatic heterocycles. The normalized spacial score (nSPS) is 12.0. The number of aromatic nitrogens is 1. The highest BCUT2D eigenvalue weighted by Gasteiger charge is 2.24. The molecule has 3 aromatic rings. The lowest BCUT2D eigenvalue weighted by atomic mass is 10.3. The Kier molecular flexibility index (Phi) is 4.09. The van der Waals surface area contributed by atoms with Crippen molar-refractivity contribution in [3.63, 3.8) is 0 Å². The van der Waals surface area contributed by atoms with E-state index in [0.29, 0.717) is 22.7 Å². The molecule has 1 aromatic heterocycles. The second kappa shape index (κ2) is 5.91. The molecule has 0 saturated heterocycles. The Bertz CT molecular complexity index is 954. The maximum atomic E-state index is 13.6. The van der Waals surface area contributed by atoms with E-state index in [0.717, 1.165) is 4.70 Å². The highest BCUT2D eigenvalue weighted by molar-refractivity contribution is 7.89. The molecule has 2 aromatic carbocycles. The third kappa shape index (κ3) is 3.07. The maximum absolute atomic E-state index is 13.6. The summed E-state index contributed by atoms with van der Waals surface area (Å²) < 4.78 is 66.7. The number of thiazole rings is 1. The average Bonchev–Trinajstić information content (AvgIpc) is 2.93. The number of nitrogens with zero attached hydrogens (tertiary/aromatic N) is 1. The van der Waals surface area contributed by atoms with E-state index >= 15 is 0 Å². The van der Waals surface area contributed by atoms with Crippen LogP contribution in [0.25, 0.3) is 10.2 Å². The fourth-order valence-corrected chi connectivity index (χ4v) is 4.00. The van der Waals surface area contributed by atoms with Crippen molar-refractivity contribution < 1.29 is 21.6 Å². The molecular formula is C14H9F3N2O2S2. The van der Waals surface area contributed by atoms with Gasteiger partial charge in [0.15, 0.2) is 17.5 Å². The summed E-state index contributed by atoms with van der Waals surface area (Å²) in [5, 5.41) is 0.470. The first-order valence-electron chi connectivity index (χ1n) is 6.36. The van der Waals surface area contributed by atoms with E-state index < -0.39 is 32.4 Å². The van der Waals surface area contributed by atoms with Crippen LogP contribution in [0.15, 0.2) is 41.3 Å². The Morgan fingerprint density at radius 1 is 1.04 bits per heavy atom. The Morgan fingerprint density at radius 3 is 2.52 bits per heavy atom. The minimum Gasteiger partial charge on any atom is -0.240 e. The molecule has 3 rings (SSSR count). The van der Waals surface area contributed by atoms with Crippen LogP contribution in [0, 0.1) is 17.5 Å². The summed E-state index contributed by atoms with van der Waals surface area (Å²) in [6, 6.07) is 8.47.